The number of unbranched alkanes of at least 4 members (excludes halogenated alkanes) is 2. The average Bonchev–Trinajstić information content (AvgIpc) is 2.50. The molecular formula is C17H23FN2O4. The molecule has 1 aromatic rings. The first-order chi connectivity index (χ1) is 11.4. The van der Waals surface area contributed by atoms with Gasteiger partial charge in [0.1, 0.15) is 5.82 Å². The third kappa shape index (κ3) is 8.26. The van der Waals surface area contributed by atoms with Gasteiger partial charge in [-0.2, -0.15) is 0 Å². The van der Waals surface area contributed by atoms with Crippen LogP contribution in [0.25, 0.3) is 0 Å². The Kier molecular flexibility index (Phi) is 8.46. The van der Waals surface area contributed by atoms with Crippen molar-refractivity contribution < 1.29 is 23.9 Å². The maximum Gasteiger partial charge on any atom is 0.305 e. The molecule has 24 heavy (non-hydrogen) atoms. The molecule has 0 radical (unpaired) electrons. The van der Waals surface area contributed by atoms with Crippen molar-refractivity contribution in [3.05, 3.63) is 35.6 Å². The molecule has 0 aliphatic heterocycles. The van der Waals surface area contributed by atoms with Crippen LogP contribution in [0.1, 0.15) is 50.6 Å². The molecule has 1 aromatic carbocycles. The molecule has 0 aromatic heterocycles. The molecule has 1 atom stereocenters. The topological polar surface area (TPSA) is 95.5 Å². The largest absolute Gasteiger partial charge is 0.481 e. The number of nitrogens with one attached hydrogen (secondary N) is 2. The lowest BCUT2D eigenvalue weighted by atomic mass is 10.0. The highest BCUT2D eigenvalue weighted by atomic mass is 19.1. The highest BCUT2D eigenvalue weighted by molar-refractivity contribution is 5.77. The van der Waals surface area contributed by atoms with Crippen molar-refractivity contribution in [1.82, 2.24) is 10.6 Å². The maximum atomic E-state index is 13.0. The Morgan fingerprint density at radius 1 is 1.12 bits per heavy atom. The molecule has 0 saturated carbocycles. The molecule has 1 unspecified atom stereocenters. The van der Waals surface area contributed by atoms with Crippen LogP contribution in [0, 0.1) is 5.82 Å². The molecule has 6 nitrogen and oxygen atoms in total. The van der Waals surface area contributed by atoms with E-state index in [4.69, 9.17) is 5.11 Å². The summed E-state index contributed by atoms with van der Waals surface area (Å²) in [7, 11) is 0. The summed E-state index contributed by atoms with van der Waals surface area (Å²) >= 11 is 0. The number of benzene rings is 1. The lowest BCUT2D eigenvalue weighted by Crippen LogP contribution is -2.30. The summed E-state index contributed by atoms with van der Waals surface area (Å²) < 4.78 is 13.0. The van der Waals surface area contributed by atoms with Gasteiger partial charge >= 0.3 is 5.97 Å². The summed E-state index contributed by atoms with van der Waals surface area (Å²) in [4.78, 5) is 33.6. The fraction of sp³-hybridized carbons (Fsp3) is 0.471. The first kappa shape index (κ1) is 19.6. The molecule has 1 rings (SSSR count). The van der Waals surface area contributed by atoms with E-state index in [0.29, 0.717) is 18.5 Å². The molecule has 0 bridgehead atoms. The number of rotatable bonds is 10. The van der Waals surface area contributed by atoms with Crippen molar-refractivity contribution in [3.63, 3.8) is 0 Å². The zero-order valence-electron chi connectivity index (χ0n) is 13.7. The monoisotopic (exact) mass is 338 g/mol. The fourth-order valence-electron chi connectivity index (χ4n) is 2.24. The normalized spacial score (nSPS) is 11.6. The van der Waals surface area contributed by atoms with Crippen molar-refractivity contribution in [2.45, 2.75) is 45.1 Å². The van der Waals surface area contributed by atoms with E-state index in [0.717, 1.165) is 12.8 Å². The van der Waals surface area contributed by atoms with Crippen LogP contribution in [0.15, 0.2) is 24.3 Å². The zero-order chi connectivity index (χ0) is 17.9. The minimum Gasteiger partial charge on any atom is -0.481 e. The summed E-state index contributed by atoms with van der Waals surface area (Å²) in [6.07, 6.45) is 2.23. The molecule has 0 saturated heterocycles. The van der Waals surface area contributed by atoms with Crippen molar-refractivity contribution in [3.8, 4) is 0 Å². The van der Waals surface area contributed by atoms with Gasteiger partial charge in [0, 0.05) is 19.9 Å². The second-order valence-electron chi connectivity index (χ2n) is 5.56. The van der Waals surface area contributed by atoms with Crippen molar-refractivity contribution in [2.24, 2.45) is 0 Å². The first-order valence-electron chi connectivity index (χ1n) is 7.89. The summed E-state index contributed by atoms with van der Waals surface area (Å²) in [6.45, 7) is 2.03. The molecule has 0 spiro atoms. The van der Waals surface area contributed by atoms with E-state index in [2.05, 4.69) is 10.6 Å². The van der Waals surface area contributed by atoms with E-state index < -0.39 is 17.8 Å². The van der Waals surface area contributed by atoms with Gasteiger partial charge in [-0.25, -0.2) is 4.39 Å². The third-order valence-corrected chi connectivity index (χ3v) is 3.44. The minimum atomic E-state index is -1.04. The maximum absolute atomic E-state index is 13.0. The van der Waals surface area contributed by atoms with E-state index in [1.54, 1.807) is 0 Å². The fourth-order valence-corrected chi connectivity index (χ4v) is 2.24. The summed E-state index contributed by atoms with van der Waals surface area (Å²) in [6, 6.07) is 4.72. The van der Waals surface area contributed by atoms with Gasteiger partial charge in [0.25, 0.3) is 0 Å². The lowest BCUT2D eigenvalue weighted by Gasteiger charge is -2.17. The number of halogens is 1. The zero-order valence-corrected chi connectivity index (χ0v) is 13.7. The van der Waals surface area contributed by atoms with Crippen LogP contribution in [0.4, 0.5) is 4.39 Å². The number of carbonyl (C=O) groups is 3. The van der Waals surface area contributed by atoms with Crippen molar-refractivity contribution >= 4 is 17.8 Å². The van der Waals surface area contributed by atoms with Crippen LogP contribution in [0.2, 0.25) is 0 Å². The molecule has 3 N–H and O–H groups in total. The number of amides is 2. The lowest BCUT2D eigenvalue weighted by molar-refractivity contribution is -0.137. The Labute approximate surface area is 140 Å². The standard InChI is InChI=1S/C17H23FN2O4/c1-12(21)19-10-4-2-3-5-16(22)20-15(11-17(23)24)13-6-8-14(18)9-7-13/h6-9,15H,2-5,10-11H2,1H3,(H,19,21)(H,20,22)(H,23,24). The van der Waals surface area contributed by atoms with Crippen LogP contribution in [-0.4, -0.2) is 29.4 Å². The van der Waals surface area contributed by atoms with Gasteiger partial charge in [-0.3, -0.25) is 14.4 Å². The molecule has 2 amide bonds. The second-order valence-corrected chi connectivity index (χ2v) is 5.56. The SMILES string of the molecule is CC(=O)NCCCCCC(=O)NC(CC(=O)O)c1ccc(F)cc1. The van der Waals surface area contributed by atoms with Gasteiger partial charge in [-0.05, 0) is 30.5 Å². The predicted molar refractivity (Wildman–Crippen MR) is 86.7 cm³/mol. The Hall–Kier alpha value is -2.44. The number of carboxylic acids is 1. The van der Waals surface area contributed by atoms with Crippen molar-refractivity contribution in [2.75, 3.05) is 6.54 Å². The van der Waals surface area contributed by atoms with Crippen LogP contribution >= 0.6 is 0 Å². The molecular weight excluding hydrogens is 315 g/mol. The highest BCUT2D eigenvalue weighted by Crippen LogP contribution is 2.18. The van der Waals surface area contributed by atoms with Crippen LogP contribution in [0.5, 0.6) is 0 Å². The molecule has 0 heterocycles. The van der Waals surface area contributed by atoms with Gasteiger partial charge in [0.15, 0.2) is 0 Å². The van der Waals surface area contributed by atoms with Gasteiger partial charge in [0.2, 0.25) is 11.8 Å². The number of hydrogen-bond acceptors (Lipinski definition) is 3. The van der Waals surface area contributed by atoms with E-state index in [1.165, 1.54) is 31.2 Å². The summed E-state index contributed by atoms with van der Waals surface area (Å²) in [5.74, 6) is -1.79. The van der Waals surface area contributed by atoms with Gasteiger partial charge < -0.3 is 15.7 Å². The highest BCUT2D eigenvalue weighted by Gasteiger charge is 2.18. The Morgan fingerprint density at radius 3 is 2.38 bits per heavy atom. The molecule has 0 fully saturated rings. The van der Waals surface area contributed by atoms with Crippen LogP contribution in [0.3, 0.4) is 0 Å². The van der Waals surface area contributed by atoms with Gasteiger partial charge in [-0.15, -0.1) is 0 Å². The Morgan fingerprint density at radius 2 is 1.79 bits per heavy atom. The van der Waals surface area contributed by atoms with E-state index in [1.807, 2.05) is 0 Å². The molecule has 7 heteroatoms. The number of carbonyl (C=O) groups excluding carboxylic acids is 2. The van der Waals surface area contributed by atoms with E-state index in [-0.39, 0.29) is 24.7 Å². The summed E-state index contributed by atoms with van der Waals surface area (Å²) in [5.41, 5.74) is 0.554. The Bertz CT molecular complexity index is 560. The number of carboxylic acid groups (broad SMARTS) is 1. The number of hydrogen-bond donors (Lipinski definition) is 3. The van der Waals surface area contributed by atoms with Gasteiger partial charge in [-0.1, -0.05) is 18.6 Å². The van der Waals surface area contributed by atoms with E-state index in [9.17, 15) is 18.8 Å². The predicted octanol–water partition coefficient (Wildman–Crippen LogP) is 2.15. The average molecular weight is 338 g/mol. The third-order valence-electron chi connectivity index (χ3n) is 3.44. The second kappa shape index (κ2) is 10.4. The Balaban J connectivity index is 2.42. The van der Waals surface area contributed by atoms with E-state index >= 15 is 0 Å². The molecule has 0 aliphatic carbocycles. The van der Waals surface area contributed by atoms with Gasteiger partial charge in [0.05, 0.1) is 12.5 Å². The molecule has 0 aliphatic rings. The first-order valence-corrected chi connectivity index (χ1v) is 7.89. The smallest absolute Gasteiger partial charge is 0.305 e. The quantitative estimate of drug-likeness (QED) is 0.570. The minimum absolute atomic E-state index is 0.0800. The van der Waals surface area contributed by atoms with Crippen LogP contribution in [-0.2, 0) is 14.4 Å². The van der Waals surface area contributed by atoms with Crippen LogP contribution < -0.4 is 10.6 Å². The molecule has 132 valence electrons. The number of aliphatic carboxylic acids is 1. The summed E-state index contributed by atoms with van der Waals surface area (Å²) in [5, 5.41) is 14.3. The van der Waals surface area contributed by atoms with Crippen molar-refractivity contribution in [1.29, 1.82) is 0 Å².